The van der Waals surface area contributed by atoms with E-state index in [1.165, 1.54) is 6.20 Å². The van der Waals surface area contributed by atoms with Gasteiger partial charge in [-0.1, -0.05) is 0 Å². The van der Waals surface area contributed by atoms with Crippen molar-refractivity contribution in [3.05, 3.63) is 23.9 Å². The zero-order chi connectivity index (χ0) is 12.2. The molecule has 0 aliphatic carbocycles. The number of ether oxygens (including phenoxy) is 1. The number of hydrogen-bond donors (Lipinski definition) is 2. The van der Waals surface area contributed by atoms with Crippen LogP contribution in [-0.4, -0.2) is 30.1 Å². The third-order valence-electron chi connectivity index (χ3n) is 2.30. The number of methoxy groups -OCH3 is 1. The van der Waals surface area contributed by atoms with Gasteiger partial charge in [0, 0.05) is 19.9 Å². The molecule has 1 heterocycles. The van der Waals surface area contributed by atoms with Crippen molar-refractivity contribution in [2.45, 2.75) is 19.4 Å². The largest absolute Gasteiger partial charge is 0.377 e. The molecule has 1 aromatic rings. The molecule has 0 saturated carbocycles. The van der Waals surface area contributed by atoms with Crippen LogP contribution in [0.25, 0.3) is 0 Å². The first kappa shape index (κ1) is 12.4. The first-order valence-corrected chi connectivity index (χ1v) is 4.99. The molecule has 0 aromatic carbocycles. The lowest BCUT2D eigenvalue weighted by molar-refractivity contribution is 0.0343. The van der Waals surface area contributed by atoms with Gasteiger partial charge in [-0.05, 0) is 26.0 Å². The molecular formula is C11H17N3O2. The van der Waals surface area contributed by atoms with Gasteiger partial charge in [0.1, 0.15) is 5.82 Å². The molecule has 0 unspecified atom stereocenters. The second-order valence-corrected chi connectivity index (χ2v) is 4.11. The fourth-order valence-electron chi connectivity index (χ4n) is 1.02. The number of nitrogens with zero attached hydrogens (tertiary/aromatic N) is 1. The lowest BCUT2D eigenvalue weighted by atomic mass is 10.1. The standard InChI is InChI=1S/C11H17N3O2/c1-11(2,16-3)7-14-9-5-4-8(6-13-9)10(12)15/h4-6H,7H2,1-3H3,(H2,12,15)(H,13,14). The van der Waals surface area contributed by atoms with Crippen LogP contribution in [0.4, 0.5) is 5.82 Å². The Morgan fingerprint density at radius 1 is 1.56 bits per heavy atom. The first-order chi connectivity index (χ1) is 7.44. The Kier molecular flexibility index (Phi) is 3.84. The highest BCUT2D eigenvalue weighted by Gasteiger charge is 2.15. The Labute approximate surface area is 95.0 Å². The summed E-state index contributed by atoms with van der Waals surface area (Å²) in [5, 5.41) is 3.11. The average Bonchev–Trinajstić information content (AvgIpc) is 2.27. The number of amides is 1. The van der Waals surface area contributed by atoms with Crippen molar-refractivity contribution in [3.8, 4) is 0 Å². The van der Waals surface area contributed by atoms with E-state index < -0.39 is 5.91 Å². The van der Waals surface area contributed by atoms with Crippen molar-refractivity contribution in [1.82, 2.24) is 4.98 Å². The van der Waals surface area contributed by atoms with Crippen molar-refractivity contribution >= 4 is 11.7 Å². The van der Waals surface area contributed by atoms with Crippen molar-refractivity contribution in [1.29, 1.82) is 0 Å². The number of carbonyl (C=O) groups excluding carboxylic acids is 1. The van der Waals surface area contributed by atoms with Crippen LogP contribution in [0, 0.1) is 0 Å². The topological polar surface area (TPSA) is 77.2 Å². The molecular weight excluding hydrogens is 206 g/mol. The summed E-state index contributed by atoms with van der Waals surface area (Å²) in [6.07, 6.45) is 1.45. The minimum atomic E-state index is -0.476. The first-order valence-electron chi connectivity index (χ1n) is 4.99. The lowest BCUT2D eigenvalue weighted by Gasteiger charge is -2.23. The predicted octanol–water partition coefficient (Wildman–Crippen LogP) is 1.02. The van der Waals surface area contributed by atoms with Crippen LogP contribution in [0.1, 0.15) is 24.2 Å². The van der Waals surface area contributed by atoms with Gasteiger partial charge in [0.05, 0.1) is 11.2 Å². The minimum absolute atomic E-state index is 0.260. The molecule has 1 rings (SSSR count). The van der Waals surface area contributed by atoms with Crippen LogP contribution in [0.3, 0.4) is 0 Å². The third kappa shape index (κ3) is 3.51. The predicted molar refractivity (Wildman–Crippen MR) is 62.3 cm³/mol. The van der Waals surface area contributed by atoms with Crippen molar-refractivity contribution in [2.75, 3.05) is 19.0 Å². The summed E-state index contributed by atoms with van der Waals surface area (Å²) < 4.78 is 5.26. The van der Waals surface area contributed by atoms with Crippen molar-refractivity contribution in [3.63, 3.8) is 0 Å². The molecule has 0 atom stereocenters. The second-order valence-electron chi connectivity index (χ2n) is 4.11. The van der Waals surface area contributed by atoms with Gasteiger partial charge >= 0.3 is 0 Å². The Balaban J connectivity index is 2.59. The van der Waals surface area contributed by atoms with Crippen LogP contribution >= 0.6 is 0 Å². The molecule has 1 aromatic heterocycles. The van der Waals surface area contributed by atoms with Crippen LogP contribution in [0.2, 0.25) is 0 Å². The quantitative estimate of drug-likeness (QED) is 0.781. The van der Waals surface area contributed by atoms with Gasteiger partial charge in [-0.3, -0.25) is 4.79 Å². The number of rotatable bonds is 5. The van der Waals surface area contributed by atoms with E-state index in [-0.39, 0.29) is 5.60 Å². The summed E-state index contributed by atoms with van der Waals surface area (Å²) in [5.41, 5.74) is 5.25. The summed E-state index contributed by atoms with van der Waals surface area (Å²) in [7, 11) is 1.66. The third-order valence-corrected chi connectivity index (χ3v) is 2.30. The van der Waals surface area contributed by atoms with E-state index in [0.29, 0.717) is 17.9 Å². The highest BCUT2D eigenvalue weighted by atomic mass is 16.5. The molecule has 0 saturated heterocycles. The van der Waals surface area contributed by atoms with Crippen LogP contribution in [0.15, 0.2) is 18.3 Å². The molecule has 0 spiro atoms. The van der Waals surface area contributed by atoms with E-state index in [9.17, 15) is 4.79 Å². The number of primary amides is 1. The van der Waals surface area contributed by atoms with Gasteiger partial charge in [0.25, 0.3) is 0 Å². The molecule has 0 fully saturated rings. The van der Waals surface area contributed by atoms with E-state index >= 15 is 0 Å². The van der Waals surface area contributed by atoms with E-state index in [0.717, 1.165) is 0 Å². The highest BCUT2D eigenvalue weighted by molar-refractivity contribution is 5.92. The maximum atomic E-state index is 10.8. The zero-order valence-electron chi connectivity index (χ0n) is 9.78. The monoisotopic (exact) mass is 223 g/mol. The smallest absolute Gasteiger partial charge is 0.250 e. The summed E-state index contributed by atoms with van der Waals surface area (Å²) in [5.74, 6) is 0.214. The fraction of sp³-hybridized carbons (Fsp3) is 0.455. The number of anilines is 1. The number of aromatic nitrogens is 1. The molecule has 3 N–H and O–H groups in total. The molecule has 16 heavy (non-hydrogen) atoms. The van der Waals surface area contributed by atoms with Gasteiger partial charge in [-0.15, -0.1) is 0 Å². The molecule has 0 aliphatic heterocycles. The lowest BCUT2D eigenvalue weighted by Crippen LogP contribution is -2.32. The Bertz CT molecular complexity index is 360. The number of carbonyl (C=O) groups is 1. The molecule has 5 heteroatoms. The average molecular weight is 223 g/mol. The van der Waals surface area contributed by atoms with Gasteiger partial charge < -0.3 is 15.8 Å². The molecule has 0 aliphatic rings. The Morgan fingerprint density at radius 2 is 2.25 bits per heavy atom. The van der Waals surface area contributed by atoms with E-state index in [1.807, 2.05) is 13.8 Å². The molecule has 88 valence electrons. The van der Waals surface area contributed by atoms with Gasteiger partial charge in [-0.25, -0.2) is 4.98 Å². The van der Waals surface area contributed by atoms with Crippen LogP contribution in [-0.2, 0) is 4.74 Å². The summed E-state index contributed by atoms with van der Waals surface area (Å²) in [6.45, 7) is 4.57. The van der Waals surface area contributed by atoms with Crippen LogP contribution < -0.4 is 11.1 Å². The molecule has 1 amide bonds. The zero-order valence-corrected chi connectivity index (χ0v) is 9.78. The van der Waals surface area contributed by atoms with E-state index in [4.69, 9.17) is 10.5 Å². The second kappa shape index (κ2) is 4.94. The van der Waals surface area contributed by atoms with Crippen molar-refractivity contribution < 1.29 is 9.53 Å². The normalized spacial score (nSPS) is 11.2. The molecule has 0 radical (unpaired) electrons. The number of pyridine rings is 1. The summed E-state index contributed by atoms with van der Waals surface area (Å²) in [6, 6.07) is 3.35. The van der Waals surface area contributed by atoms with Crippen LogP contribution in [0.5, 0.6) is 0 Å². The van der Waals surface area contributed by atoms with E-state index in [2.05, 4.69) is 10.3 Å². The Morgan fingerprint density at radius 3 is 2.69 bits per heavy atom. The fourth-order valence-corrected chi connectivity index (χ4v) is 1.02. The molecule has 0 bridgehead atoms. The Hall–Kier alpha value is -1.62. The molecule has 5 nitrogen and oxygen atoms in total. The maximum Gasteiger partial charge on any atom is 0.250 e. The van der Waals surface area contributed by atoms with E-state index in [1.54, 1.807) is 19.2 Å². The number of hydrogen-bond acceptors (Lipinski definition) is 4. The SMILES string of the molecule is COC(C)(C)CNc1ccc(C(N)=O)cn1. The minimum Gasteiger partial charge on any atom is -0.377 e. The van der Waals surface area contributed by atoms with Crippen molar-refractivity contribution in [2.24, 2.45) is 5.73 Å². The summed E-state index contributed by atoms with van der Waals surface area (Å²) >= 11 is 0. The van der Waals surface area contributed by atoms with Gasteiger partial charge in [0.2, 0.25) is 5.91 Å². The van der Waals surface area contributed by atoms with Gasteiger partial charge in [-0.2, -0.15) is 0 Å². The maximum absolute atomic E-state index is 10.8. The van der Waals surface area contributed by atoms with Gasteiger partial charge in [0.15, 0.2) is 0 Å². The number of nitrogens with two attached hydrogens (primary N) is 1. The highest BCUT2D eigenvalue weighted by Crippen LogP contribution is 2.10. The number of nitrogens with one attached hydrogen (secondary N) is 1. The summed E-state index contributed by atoms with van der Waals surface area (Å²) in [4.78, 5) is 14.9.